The highest BCUT2D eigenvalue weighted by molar-refractivity contribution is 4.83. The number of likely N-dealkylation sites (tertiary alicyclic amines) is 1. The lowest BCUT2D eigenvalue weighted by Gasteiger charge is -2.27. The second kappa shape index (κ2) is 7.46. The SMILES string of the molecule is CCN(CC)C1CCN(CCC2CCCNC2)C1. The highest BCUT2D eigenvalue weighted by atomic mass is 15.2. The van der Waals surface area contributed by atoms with E-state index in [-0.39, 0.29) is 0 Å². The quantitative estimate of drug-likeness (QED) is 0.778. The van der Waals surface area contributed by atoms with E-state index < -0.39 is 0 Å². The van der Waals surface area contributed by atoms with Gasteiger partial charge in [0.25, 0.3) is 0 Å². The summed E-state index contributed by atoms with van der Waals surface area (Å²) < 4.78 is 0. The van der Waals surface area contributed by atoms with Crippen LogP contribution in [-0.4, -0.2) is 61.7 Å². The number of hydrogen-bond acceptors (Lipinski definition) is 3. The smallest absolute Gasteiger partial charge is 0.0235 e. The molecule has 0 aliphatic carbocycles. The topological polar surface area (TPSA) is 18.5 Å². The van der Waals surface area contributed by atoms with Crippen LogP contribution in [-0.2, 0) is 0 Å². The highest BCUT2D eigenvalue weighted by Gasteiger charge is 2.26. The number of nitrogens with zero attached hydrogens (tertiary/aromatic N) is 2. The van der Waals surface area contributed by atoms with Crippen molar-refractivity contribution in [2.24, 2.45) is 5.92 Å². The van der Waals surface area contributed by atoms with Crippen molar-refractivity contribution in [1.29, 1.82) is 0 Å². The van der Waals surface area contributed by atoms with Crippen molar-refractivity contribution in [1.82, 2.24) is 15.1 Å². The van der Waals surface area contributed by atoms with Gasteiger partial charge in [-0.2, -0.15) is 0 Å². The molecule has 0 amide bonds. The molecule has 2 atom stereocenters. The molecule has 0 bridgehead atoms. The van der Waals surface area contributed by atoms with Gasteiger partial charge in [0.1, 0.15) is 0 Å². The van der Waals surface area contributed by atoms with E-state index in [1.54, 1.807) is 0 Å². The first kappa shape index (κ1) is 14.3. The van der Waals surface area contributed by atoms with Gasteiger partial charge >= 0.3 is 0 Å². The molecule has 106 valence electrons. The van der Waals surface area contributed by atoms with Crippen LogP contribution < -0.4 is 5.32 Å². The molecule has 18 heavy (non-hydrogen) atoms. The van der Waals surface area contributed by atoms with Crippen LogP contribution in [0.3, 0.4) is 0 Å². The van der Waals surface area contributed by atoms with E-state index in [4.69, 9.17) is 0 Å². The largest absolute Gasteiger partial charge is 0.316 e. The Labute approximate surface area is 113 Å². The summed E-state index contributed by atoms with van der Waals surface area (Å²) in [5.74, 6) is 0.936. The molecule has 0 aromatic carbocycles. The molecule has 2 rings (SSSR count). The first-order valence-corrected chi connectivity index (χ1v) is 8.00. The zero-order chi connectivity index (χ0) is 12.8. The Morgan fingerprint density at radius 1 is 1.22 bits per heavy atom. The van der Waals surface area contributed by atoms with Gasteiger partial charge in [-0.1, -0.05) is 13.8 Å². The first-order chi connectivity index (χ1) is 8.83. The van der Waals surface area contributed by atoms with E-state index in [9.17, 15) is 0 Å². The third kappa shape index (κ3) is 3.94. The van der Waals surface area contributed by atoms with E-state index in [1.165, 1.54) is 71.5 Å². The Bertz CT molecular complexity index is 222. The number of rotatable bonds is 6. The standard InChI is InChI=1S/C15H31N3/c1-3-18(4-2)15-8-11-17(13-15)10-7-14-6-5-9-16-12-14/h14-16H,3-13H2,1-2H3. The molecule has 0 aromatic heterocycles. The average molecular weight is 253 g/mol. The molecular weight excluding hydrogens is 222 g/mol. The maximum atomic E-state index is 3.53. The molecule has 3 nitrogen and oxygen atoms in total. The predicted octanol–water partition coefficient (Wildman–Crippen LogP) is 1.79. The van der Waals surface area contributed by atoms with Crippen molar-refractivity contribution in [3.63, 3.8) is 0 Å². The molecule has 2 saturated heterocycles. The number of nitrogens with one attached hydrogen (secondary N) is 1. The lowest BCUT2D eigenvalue weighted by atomic mass is 9.96. The highest BCUT2D eigenvalue weighted by Crippen LogP contribution is 2.19. The Morgan fingerprint density at radius 3 is 2.72 bits per heavy atom. The summed E-state index contributed by atoms with van der Waals surface area (Å²) in [5, 5.41) is 3.53. The van der Waals surface area contributed by atoms with Gasteiger partial charge in [-0.3, -0.25) is 4.90 Å². The molecule has 2 aliphatic heterocycles. The van der Waals surface area contributed by atoms with Crippen molar-refractivity contribution in [2.75, 3.05) is 45.8 Å². The van der Waals surface area contributed by atoms with Gasteiger partial charge in [0.2, 0.25) is 0 Å². The van der Waals surface area contributed by atoms with Crippen LogP contribution in [0.25, 0.3) is 0 Å². The van der Waals surface area contributed by atoms with Crippen LogP contribution in [0.2, 0.25) is 0 Å². The van der Waals surface area contributed by atoms with Crippen molar-refractivity contribution in [3.05, 3.63) is 0 Å². The summed E-state index contributed by atoms with van der Waals surface area (Å²) in [6.07, 6.45) is 5.61. The fourth-order valence-electron chi connectivity index (χ4n) is 3.59. The molecule has 2 aliphatic rings. The summed E-state index contributed by atoms with van der Waals surface area (Å²) in [5.41, 5.74) is 0. The summed E-state index contributed by atoms with van der Waals surface area (Å²) >= 11 is 0. The monoisotopic (exact) mass is 253 g/mol. The van der Waals surface area contributed by atoms with Gasteiger partial charge in [-0.05, 0) is 70.9 Å². The number of hydrogen-bond donors (Lipinski definition) is 1. The van der Waals surface area contributed by atoms with Crippen molar-refractivity contribution >= 4 is 0 Å². The molecule has 2 fully saturated rings. The molecule has 2 unspecified atom stereocenters. The van der Waals surface area contributed by atoms with Crippen LogP contribution in [0.4, 0.5) is 0 Å². The van der Waals surface area contributed by atoms with E-state index >= 15 is 0 Å². The summed E-state index contributed by atoms with van der Waals surface area (Å²) in [6.45, 7) is 13.5. The fourth-order valence-corrected chi connectivity index (χ4v) is 3.59. The second-order valence-corrected chi connectivity index (χ2v) is 5.97. The van der Waals surface area contributed by atoms with Gasteiger partial charge in [0.05, 0.1) is 0 Å². The lowest BCUT2D eigenvalue weighted by Crippen LogP contribution is -2.38. The molecule has 0 aromatic rings. The molecule has 3 heteroatoms. The Balaban J connectivity index is 1.65. The number of likely N-dealkylation sites (N-methyl/N-ethyl adjacent to an activating group) is 1. The van der Waals surface area contributed by atoms with Crippen molar-refractivity contribution in [2.45, 2.75) is 45.6 Å². The Morgan fingerprint density at radius 2 is 2.06 bits per heavy atom. The third-order valence-electron chi connectivity index (χ3n) is 4.83. The second-order valence-electron chi connectivity index (χ2n) is 5.97. The minimum Gasteiger partial charge on any atom is -0.316 e. The molecular formula is C15H31N3. The van der Waals surface area contributed by atoms with Crippen LogP contribution >= 0.6 is 0 Å². The minimum atomic E-state index is 0.824. The summed E-state index contributed by atoms with van der Waals surface area (Å²) in [4.78, 5) is 5.32. The maximum Gasteiger partial charge on any atom is 0.0235 e. The average Bonchev–Trinajstić information content (AvgIpc) is 2.88. The molecule has 0 radical (unpaired) electrons. The zero-order valence-corrected chi connectivity index (χ0v) is 12.3. The van der Waals surface area contributed by atoms with Gasteiger partial charge < -0.3 is 10.2 Å². The Kier molecular flexibility index (Phi) is 5.93. The molecule has 2 heterocycles. The predicted molar refractivity (Wildman–Crippen MR) is 78.0 cm³/mol. The van der Waals surface area contributed by atoms with Crippen LogP contribution in [0.5, 0.6) is 0 Å². The molecule has 1 N–H and O–H groups in total. The molecule has 0 spiro atoms. The first-order valence-electron chi connectivity index (χ1n) is 8.00. The van der Waals surface area contributed by atoms with Crippen LogP contribution in [0, 0.1) is 5.92 Å². The van der Waals surface area contributed by atoms with Crippen molar-refractivity contribution < 1.29 is 0 Å². The van der Waals surface area contributed by atoms with Gasteiger partial charge in [-0.25, -0.2) is 0 Å². The van der Waals surface area contributed by atoms with Gasteiger partial charge in [0, 0.05) is 12.6 Å². The minimum absolute atomic E-state index is 0.824. The van der Waals surface area contributed by atoms with E-state index in [1.807, 2.05) is 0 Å². The lowest BCUT2D eigenvalue weighted by molar-refractivity contribution is 0.204. The van der Waals surface area contributed by atoms with Crippen molar-refractivity contribution in [3.8, 4) is 0 Å². The van der Waals surface area contributed by atoms with E-state index in [2.05, 4.69) is 29.0 Å². The van der Waals surface area contributed by atoms with Crippen LogP contribution in [0.15, 0.2) is 0 Å². The normalized spacial score (nSPS) is 30.2. The maximum absolute atomic E-state index is 3.53. The third-order valence-corrected chi connectivity index (χ3v) is 4.83. The van der Waals surface area contributed by atoms with Gasteiger partial charge in [0.15, 0.2) is 0 Å². The summed E-state index contributed by atoms with van der Waals surface area (Å²) in [7, 11) is 0. The van der Waals surface area contributed by atoms with E-state index in [0.717, 1.165) is 12.0 Å². The Hall–Kier alpha value is -0.120. The zero-order valence-electron chi connectivity index (χ0n) is 12.3. The fraction of sp³-hybridized carbons (Fsp3) is 1.00. The molecule has 0 saturated carbocycles. The van der Waals surface area contributed by atoms with Gasteiger partial charge in [-0.15, -0.1) is 0 Å². The van der Waals surface area contributed by atoms with Crippen LogP contribution in [0.1, 0.15) is 39.5 Å². The number of piperidine rings is 1. The van der Waals surface area contributed by atoms with E-state index in [0.29, 0.717) is 0 Å². The summed E-state index contributed by atoms with van der Waals surface area (Å²) in [6, 6.07) is 0.824.